The van der Waals surface area contributed by atoms with Crippen LogP contribution in [0.3, 0.4) is 0 Å². The van der Waals surface area contributed by atoms with Crippen LogP contribution in [0.25, 0.3) is 0 Å². The molecule has 0 heterocycles. The highest BCUT2D eigenvalue weighted by Crippen LogP contribution is 2.24. The van der Waals surface area contributed by atoms with Crippen LogP contribution in [0.15, 0.2) is 30.5 Å². The molecule has 0 unspecified atom stereocenters. The molecule has 0 bridgehead atoms. The summed E-state index contributed by atoms with van der Waals surface area (Å²) >= 11 is 5.90. The van der Waals surface area contributed by atoms with Crippen molar-refractivity contribution < 1.29 is 4.79 Å². The predicted octanol–water partition coefficient (Wildman–Crippen LogP) is 2.06. The number of amides is 1. The molecule has 1 amide bonds. The van der Waals surface area contributed by atoms with E-state index in [-0.39, 0.29) is 5.91 Å². The van der Waals surface area contributed by atoms with Crippen LogP contribution >= 0.6 is 11.6 Å². The summed E-state index contributed by atoms with van der Waals surface area (Å²) in [5.41, 5.74) is 6.62. The van der Waals surface area contributed by atoms with Crippen molar-refractivity contribution in [2.45, 2.75) is 6.92 Å². The van der Waals surface area contributed by atoms with Crippen LogP contribution in [0.4, 0.5) is 5.69 Å². The molecule has 14 heavy (non-hydrogen) atoms. The molecule has 3 nitrogen and oxygen atoms in total. The third-order valence-electron chi connectivity index (χ3n) is 1.72. The van der Waals surface area contributed by atoms with Gasteiger partial charge in [0.05, 0.1) is 10.7 Å². The summed E-state index contributed by atoms with van der Waals surface area (Å²) in [5, 5.41) is 3.16. The van der Waals surface area contributed by atoms with Gasteiger partial charge in [-0.05, 0) is 24.8 Å². The van der Waals surface area contributed by atoms with Crippen molar-refractivity contribution in [1.29, 1.82) is 0 Å². The van der Waals surface area contributed by atoms with Gasteiger partial charge in [0, 0.05) is 6.08 Å². The SMILES string of the molecule is Cc1cccc(Cl)c1NC(=O)/C=C/N. The van der Waals surface area contributed by atoms with Crippen molar-refractivity contribution in [3.8, 4) is 0 Å². The second-order valence-electron chi connectivity index (χ2n) is 2.78. The molecule has 0 atom stereocenters. The predicted molar refractivity (Wildman–Crippen MR) is 58.1 cm³/mol. The quantitative estimate of drug-likeness (QED) is 0.735. The maximum atomic E-state index is 11.2. The minimum Gasteiger partial charge on any atom is -0.404 e. The van der Waals surface area contributed by atoms with Gasteiger partial charge in [0.2, 0.25) is 5.91 Å². The van der Waals surface area contributed by atoms with Gasteiger partial charge < -0.3 is 11.1 Å². The minimum atomic E-state index is -0.288. The highest BCUT2D eigenvalue weighted by Gasteiger charge is 2.05. The van der Waals surface area contributed by atoms with E-state index >= 15 is 0 Å². The van der Waals surface area contributed by atoms with E-state index in [1.807, 2.05) is 19.1 Å². The standard InChI is InChI=1S/C10H11ClN2O/c1-7-3-2-4-8(11)10(7)13-9(14)5-6-12/h2-6H,12H2,1H3,(H,13,14)/b6-5+. The highest BCUT2D eigenvalue weighted by atomic mass is 35.5. The lowest BCUT2D eigenvalue weighted by atomic mass is 10.2. The largest absolute Gasteiger partial charge is 0.404 e. The summed E-state index contributed by atoms with van der Waals surface area (Å²) < 4.78 is 0. The fraction of sp³-hybridized carbons (Fsp3) is 0.100. The molecule has 0 saturated carbocycles. The Kier molecular flexibility index (Phi) is 3.54. The molecule has 0 aliphatic carbocycles. The van der Waals surface area contributed by atoms with Gasteiger partial charge in [-0.15, -0.1) is 0 Å². The van der Waals surface area contributed by atoms with Crippen molar-refractivity contribution in [3.63, 3.8) is 0 Å². The van der Waals surface area contributed by atoms with Gasteiger partial charge in [0.1, 0.15) is 0 Å². The summed E-state index contributed by atoms with van der Waals surface area (Å²) in [5.74, 6) is -0.288. The molecular weight excluding hydrogens is 200 g/mol. The van der Waals surface area contributed by atoms with Gasteiger partial charge in [-0.3, -0.25) is 4.79 Å². The molecule has 1 aromatic carbocycles. The van der Waals surface area contributed by atoms with Crippen molar-refractivity contribution in [2.24, 2.45) is 5.73 Å². The number of nitrogens with one attached hydrogen (secondary N) is 1. The third-order valence-corrected chi connectivity index (χ3v) is 2.03. The second-order valence-corrected chi connectivity index (χ2v) is 3.19. The first-order chi connectivity index (χ1) is 6.65. The highest BCUT2D eigenvalue weighted by molar-refractivity contribution is 6.34. The number of para-hydroxylation sites is 1. The van der Waals surface area contributed by atoms with Crippen LogP contribution in [-0.2, 0) is 4.79 Å². The number of halogens is 1. The zero-order chi connectivity index (χ0) is 10.6. The van der Waals surface area contributed by atoms with E-state index in [1.54, 1.807) is 6.07 Å². The summed E-state index contributed by atoms with van der Waals surface area (Å²) in [6.45, 7) is 1.87. The Hall–Kier alpha value is -1.48. The van der Waals surface area contributed by atoms with Crippen LogP contribution in [0.5, 0.6) is 0 Å². The summed E-state index contributed by atoms with van der Waals surface area (Å²) in [6.07, 6.45) is 2.42. The number of anilines is 1. The van der Waals surface area contributed by atoms with Gasteiger partial charge >= 0.3 is 0 Å². The number of aryl methyl sites for hydroxylation is 1. The Morgan fingerprint density at radius 3 is 2.86 bits per heavy atom. The number of hydrogen-bond donors (Lipinski definition) is 2. The van der Waals surface area contributed by atoms with E-state index < -0.39 is 0 Å². The molecule has 0 saturated heterocycles. The Morgan fingerprint density at radius 2 is 2.29 bits per heavy atom. The fourth-order valence-corrected chi connectivity index (χ4v) is 1.31. The van der Waals surface area contributed by atoms with E-state index in [0.29, 0.717) is 10.7 Å². The van der Waals surface area contributed by atoms with Gasteiger partial charge in [-0.1, -0.05) is 23.7 Å². The Balaban J connectivity index is 2.91. The minimum absolute atomic E-state index is 0.288. The molecule has 1 rings (SSSR count). The van der Waals surface area contributed by atoms with Crippen molar-refractivity contribution in [1.82, 2.24) is 0 Å². The molecule has 0 fully saturated rings. The first-order valence-electron chi connectivity index (χ1n) is 4.09. The van der Waals surface area contributed by atoms with Gasteiger partial charge in [0.15, 0.2) is 0 Å². The maximum Gasteiger partial charge on any atom is 0.249 e. The Labute approximate surface area is 87.6 Å². The Morgan fingerprint density at radius 1 is 1.57 bits per heavy atom. The van der Waals surface area contributed by atoms with E-state index in [0.717, 1.165) is 5.56 Å². The molecular formula is C10H11ClN2O. The molecule has 0 aliphatic rings. The smallest absolute Gasteiger partial charge is 0.249 e. The summed E-state index contributed by atoms with van der Waals surface area (Å²) in [6, 6.07) is 5.41. The van der Waals surface area contributed by atoms with Crippen molar-refractivity contribution >= 4 is 23.2 Å². The number of rotatable bonds is 2. The number of hydrogen-bond acceptors (Lipinski definition) is 2. The second kappa shape index (κ2) is 4.67. The van der Waals surface area contributed by atoms with Gasteiger partial charge in [0.25, 0.3) is 0 Å². The zero-order valence-electron chi connectivity index (χ0n) is 7.75. The van der Waals surface area contributed by atoms with Crippen LogP contribution in [0.1, 0.15) is 5.56 Å². The lowest BCUT2D eigenvalue weighted by molar-refractivity contribution is -0.111. The molecule has 3 N–H and O–H groups in total. The average Bonchev–Trinajstić information content (AvgIpc) is 2.12. The average molecular weight is 211 g/mol. The summed E-state index contributed by atoms with van der Waals surface area (Å²) in [7, 11) is 0. The number of nitrogens with two attached hydrogens (primary N) is 1. The van der Waals surface area contributed by atoms with E-state index in [2.05, 4.69) is 5.32 Å². The molecule has 0 spiro atoms. The molecule has 4 heteroatoms. The lowest BCUT2D eigenvalue weighted by Gasteiger charge is -2.07. The number of benzene rings is 1. The zero-order valence-corrected chi connectivity index (χ0v) is 8.51. The molecule has 0 aliphatic heterocycles. The van der Waals surface area contributed by atoms with Crippen LogP contribution in [-0.4, -0.2) is 5.91 Å². The first-order valence-corrected chi connectivity index (χ1v) is 4.47. The van der Waals surface area contributed by atoms with Crippen LogP contribution < -0.4 is 11.1 Å². The van der Waals surface area contributed by atoms with Crippen LogP contribution in [0.2, 0.25) is 5.02 Å². The van der Waals surface area contributed by atoms with Crippen molar-refractivity contribution in [3.05, 3.63) is 41.1 Å². The Bertz CT molecular complexity index is 354. The van der Waals surface area contributed by atoms with Crippen LogP contribution in [0, 0.1) is 6.92 Å². The van der Waals surface area contributed by atoms with Crippen molar-refractivity contribution in [2.75, 3.05) is 5.32 Å². The number of carbonyl (C=O) groups excluding carboxylic acids is 1. The van der Waals surface area contributed by atoms with E-state index in [4.69, 9.17) is 17.3 Å². The lowest BCUT2D eigenvalue weighted by Crippen LogP contribution is -2.10. The monoisotopic (exact) mass is 210 g/mol. The number of carbonyl (C=O) groups is 1. The van der Waals surface area contributed by atoms with Gasteiger partial charge in [-0.25, -0.2) is 0 Å². The normalized spacial score (nSPS) is 10.4. The molecule has 74 valence electrons. The van der Waals surface area contributed by atoms with Gasteiger partial charge in [-0.2, -0.15) is 0 Å². The molecule has 0 radical (unpaired) electrons. The topological polar surface area (TPSA) is 55.1 Å². The molecule has 1 aromatic rings. The molecule has 0 aromatic heterocycles. The fourth-order valence-electron chi connectivity index (χ4n) is 1.04. The van der Waals surface area contributed by atoms with E-state index in [1.165, 1.54) is 12.3 Å². The third kappa shape index (κ3) is 2.50. The van der Waals surface area contributed by atoms with E-state index in [9.17, 15) is 4.79 Å². The summed E-state index contributed by atoms with van der Waals surface area (Å²) in [4.78, 5) is 11.2. The maximum absolute atomic E-state index is 11.2. The first kappa shape index (κ1) is 10.6.